The third-order valence-corrected chi connectivity index (χ3v) is 5.74. The number of nitrogens with one attached hydrogen (secondary N) is 1. The van der Waals surface area contributed by atoms with E-state index in [1.165, 1.54) is 32.1 Å². The van der Waals surface area contributed by atoms with E-state index in [1.807, 2.05) is 11.8 Å². The van der Waals surface area contributed by atoms with Crippen molar-refractivity contribution >= 4 is 35.0 Å². The molecule has 0 spiro atoms. The predicted molar refractivity (Wildman–Crippen MR) is 87.5 cm³/mol. The Labute approximate surface area is 129 Å². The van der Waals surface area contributed by atoms with Crippen LogP contribution in [0.1, 0.15) is 42.5 Å². The lowest BCUT2D eigenvalue weighted by atomic mass is 9.88. The Morgan fingerprint density at radius 1 is 1.40 bits per heavy atom. The molecule has 0 radical (unpaired) electrons. The van der Waals surface area contributed by atoms with Gasteiger partial charge in [0, 0.05) is 17.0 Å². The summed E-state index contributed by atoms with van der Waals surface area (Å²) in [5.74, 6) is -0.117. The average molecular weight is 313 g/mol. The van der Waals surface area contributed by atoms with E-state index in [1.54, 1.807) is 18.2 Å². The van der Waals surface area contributed by atoms with Gasteiger partial charge in [-0.25, -0.2) is 0 Å². The maximum Gasteiger partial charge on any atom is 0.252 e. The number of hydrogen-bond acceptors (Lipinski definition) is 3. The number of benzene rings is 1. The quantitative estimate of drug-likeness (QED) is 0.833. The van der Waals surface area contributed by atoms with Crippen molar-refractivity contribution in [3.05, 3.63) is 28.8 Å². The van der Waals surface area contributed by atoms with Crippen LogP contribution in [0.15, 0.2) is 18.2 Å². The Bertz CT molecular complexity index is 487. The molecule has 1 aromatic carbocycles. The van der Waals surface area contributed by atoms with E-state index in [0.29, 0.717) is 22.8 Å². The minimum absolute atomic E-state index is 0.117. The molecule has 0 aromatic heterocycles. The molecule has 0 unspecified atom stereocenters. The molecule has 1 amide bonds. The van der Waals surface area contributed by atoms with Crippen molar-refractivity contribution in [1.29, 1.82) is 0 Å². The van der Waals surface area contributed by atoms with Crippen molar-refractivity contribution in [3.8, 4) is 0 Å². The first-order valence-corrected chi connectivity index (χ1v) is 8.55. The number of amides is 1. The summed E-state index contributed by atoms with van der Waals surface area (Å²) in [5, 5.41) is 3.44. The highest BCUT2D eigenvalue weighted by molar-refractivity contribution is 8.00. The van der Waals surface area contributed by atoms with Crippen LogP contribution < -0.4 is 11.1 Å². The monoisotopic (exact) mass is 312 g/mol. The van der Waals surface area contributed by atoms with Gasteiger partial charge in [-0.15, -0.1) is 0 Å². The SMILES string of the molecule is CSC1(CNC(=O)c2ccc(N)cc2Cl)CCCCC1. The molecule has 20 heavy (non-hydrogen) atoms. The first-order chi connectivity index (χ1) is 9.56. The number of hydrogen-bond donors (Lipinski definition) is 2. The molecule has 0 saturated heterocycles. The van der Waals surface area contributed by atoms with Gasteiger partial charge < -0.3 is 11.1 Å². The summed E-state index contributed by atoms with van der Waals surface area (Å²) in [6.07, 6.45) is 8.28. The number of thioether (sulfide) groups is 1. The van der Waals surface area contributed by atoms with Gasteiger partial charge in [-0.3, -0.25) is 4.79 Å². The van der Waals surface area contributed by atoms with E-state index in [2.05, 4.69) is 11.6 Å². The van der Waals surface area contributed by atoms with Gasteiger partial charge in [0.25, 0.3) is 5.91 Å². The topological polar surface area (TPSA) is 55.1 Å². The molecule has 0 bridgehead atoms. The van der Waals surface area contributed by atoms with Crippen LogP contribution in [0, 0.1) is 0 Å². The third-order valence-electron chi connectivity index (χ3n) is 4.01. The zero-order chi connectivity index (χ0) is 14.6. The molecule has 1 aliphatic rings. The Kier molecular flexibility index (Phi) is 5.22. The van der Waals surface area contributed by atoms with Crippen molar-refractivity contribution < 1.29 is 4.79 Å². The summed E-state index contributed by atoms with van der Waals surface area (Å²) < 4.78 is 0.189. The van der Waals surface area contributed by atoms with Crippen molar-refractivity contribution in [3.63, 3.8) is 0 Å². The van der Waals surface area contributed by atoms with Crippen LogP contribution >= 0.6 is 23.4 Å². The summed E-state index contributed by atoms with van der Waals surface area (Å²) in [6.45, 7) is 0.702. The highest BCUT2D eigenvalue weighted by Gasteiger charge is 2.31. The normalized spacial score (nSPS) is 17.7. The van der Waals surface area contributed by atoms with E-state index >= 15 is 0 Å². The molecular formula is C15H21ClN2OS. The molecule has 0 heterocycles. The predicted octanol–water partition coefficient (Wildman–Crippen LogP) is 3.72. The van der Waals surface area contributed by atoms with Gasteiger partial charge >= 0.3 is 0 Å². The standard InChI is InChI=1S/C15H21ClN2OS/c1-20-15(7-3-2-4-8-15)10-18-14(19)12-6-5-11(17)9-13(12)16/h5-6,9H,2-4,7-8,10,17H2,1H3,(H,18,19). The van der Waals surface area contributed by atoms with Crippen molar-refractivity contribution in [2.24, 2.45) is 0 Å². The Hall–Kier alpha value is -0.870. The number of carbonyl (C=O) groups excluding carboxylic acids is 1. The van der Waals surface area contributed by atoms with E-state index in [0.717, 1.165) is 0 Å². The fraction of sp³-hybridized carbons (Fsp3) is 0.533. The van der Waals surface area contributed by atoms with Gasteiger partial charge in [0.15, 0.2) is 0 Å². The van der Waals surface area contributed by atoms with Crippen molar-refractivity contribution in [1.82, 2.24) is 5.32 Å². The second-order valence-corrected chi connectivity index (χ2v) is 7.05. The number of carbonyl (C=O) groups is 1. The van der Waals surface area contributed by atoms with E-state index in [4.69, 9.17) is 17.3 Å². The number of nitrogens with two attached hydrogens (primary N) is 1. The van der Waals surface area contributed by atoms with E-state index < -0.39 is 0 Å². The molecule has 2 rings (SSSR count). The zero-order valence-electron chi connectivity index (χ0n) is 11.7. The third kappa shape index (κ3) is 3.61. The van der Waals surface area contributed by atoms with Crippen LogP contribution in [0.3, 0.4) is 0 Å². The molecule has 1 aromatic rings. The van der Waals surface area contributed by atoms with E-state index in [-0.39, 0.29) is 10.7 Å². The molecule has 110 valence electrons. The molecule has 5 heteroatoms. The number of halogens is 1. The Morgan fingerprint density at radius 2 is 2.10 bits per heavy atom. The second-order valence-electron chi connectivity index (χ2n) is 5.37. The molecule has 3 nitrogen and oxygen atoms in total. The lowest BCUT2D eigenvalue weighted by Crippen LogP contribution is -2.41. The van der Waals surface area contributed by atoms with Crippen LogP contribution in [-0.2, 0) is 0 Å². The van der Waals surface area contributed by atoms with Gasteiger partial charge in [-0.05, 0) is 37.3 Å². The largest absolute Gasteiger partial charge is 0.399 e. The summed E-state index contributed by atoms with van der Waals surface area (Å²) in [5.41, 5.74) is 6.70. The fourth-order valence-electron chi connectivity index (χ4n) is 2.70. The first kappa shape index (κ1) is 15.5. The smallest absolute Gasteiger partial charge is 0.252 e. The van der Waals surface area contributed by atoms with Gasteiger partial charge in [-0.1, -0.05) is 30.9 Å². The second kappa shape index (κ2) is 6.72. The van der Waals surface area contributed by atoms with Gasteiger partial charge in [0.1, 0.15) is 0 Å². The number of nitrogen functional groups attached to an aromatic ring is 1. The lowest BCUT2D eigenvalue weighted by molar-refractivity contribution is 0.0947. The summed E-state index contributed by atoms with van der Waals surface area (Å²) >= 11 is 7.94. The fourth-order valence-corrected chi connectivity index (χ4v) is 3.89. The van der Waals surface area contributed by atoms with Crippen LogP contribution in [0.25, 0.3) is 0 Å². The average Bonchev–Trinajstić information content (AvgIpc) is 2.46. The van der Waals surface area contributed by atoms with Crippen LogP contribution in [0.4, 0.5) is 5.69 Å². The Morgan fingerprint density at radius 3 is 2.70 bits per heavy atom. The minimum Gasteiger partial charge on any atom is -0.399 e. The summed E-state index contributed by atoms with van der Waals surface area (Å²) in [6, 6.07) is 4.99. The van der Waals surface area contributed by atoms with Crippen LogP contribution in [-0.4, -0.2) is 23.5 Å². The Balaban J connectivity index is 2.00. The van der Waals surface area contributed by atoms with E-state index in [9.17, 15) is 4.79 Å². The maximum absolute atomic E-state index is 12.2. The zero-order valence-corrected chi connectivity index (χ0v) is 13.3. The molecular weight excluding hydrogens is 292 g/mol. The maximum atomic E-state index is 12.2. The van der Waals surface area contributed by atoms with Gasteiger partial charge in [-0.2, -0.15) is 11.8 Å². The number of rotatable bonds is 4. The highest BCUT2D eigenvalue weighted by Crippen LogP contribution is 2.38. The van der Waals surface area contributed by atoms with Crippen LogP contribution in [0.5, 0.6) is 0 Å². The summed E-state index contributed by atoms with van der Waals surface area (Å²) in [4.78, 5) is 12.2. The van der Waals surface area contributed by atoms with Crippen molar-refractivity contribution in [2.45, 2.75) is 36.9 Å². The highest BCUT2D eigenvalue weighted by atomic mass is 35.5. The van der Waals surface area contributed by atoms with Crippen LogP contribution in [0.2, 0.25) is 5.02 Å². The molecule has 3 N–H and O–H groups in total. The van der Waals surface area contributed by atoms with Gasteiger partial charge in [0.05, 0.1) is 10.6 Å². The molecule has 0 aliphatic heterocycles. The molecule has 1 fully saturated rings. The van der Waals surface area contributed by atoms with Crippen molar-refractivity contribution in [2.75, 3.05) is 18.5 Å². The van der Waals surface area contributed by atoms with Gasteiger partial charge in [0.2, 0.25) is 0 Å². The number of anilines is 1. The lowest BCUT2D eigenvalue weighted by Gasteiger charge is -2.35. The molecule has 1 aliphatic carbocycles. The summed E-state index contributed by atoms with van der Waals surface area (Å²) in [7, 11) is 0. The molecule has 1 saturated carbocycles. The minimum atomic E-state index is -0.117. The first-order valence-electron chi connectivity index (χ1n) is 6.95. The molecule has 0 atom stereocenters.